The van der Waals surface area contributed by atoms with Gasteiger partial charge in [-0.05, 0) is 37.1 Å². The number of aromatic nitrogens is 1. The number of anilines is 1. The second kappa shape index (κ2) is 12.4. The van der Waals surface area contributed by atoms with E-state index < -0.39 is 34.1 Å². The van der Waals surface area contributed by atoms with Crippen LogP contribution in [0.15, 0.2) is 51.2 Å². The molecule has 0 saturated heterocycles. The molecule has 1 aromatic heterocycles. The Kier molecular flexibility index (Phi) is 9.64. The molecule has 1 atom stereocenters. The lowest BCUT2D eigenvalue weighted by Gasteiger charge is -2.15. The van der Waals surface area contributed by atoms with Gasteiger partial charge in [0.15, 0.2) is 5.96 Å². The number of sulfonamides is 1. The van der Waals surface area contributed by atoms with Gasteiger partial charge >= 0.3 is 0 Å². The summed E-state index contributed by atoms with van der Waals surface area (Å²) in [6.07, 6.45) is 2.64. The van der Waals surface area contributed by atoms with Gasteiger partial charge in [0.25, 0.3) is 15.6 Å². The third-order valence-electron chi connectivity index (χ3n) is 4.72. The minimum absolute atomic E-state index is 0.0497. The zero-order chi connectivity index (χ0) is 26.0. The molecule has 0 aliphatic carbocycles. The first-order chi connectivity index (χ1) is 16.6. The van der Waals surface area contributed by atoms with E-state index >= 15 is 0 Å². The fourth-order valence-electron chi connectivity index (χ4n) is 3.03. The van der Waals surface area contributed by atoms with E-state index in [4.69, 9.17) is 20.9 Å². The Morgan fingerprint density at radius 2 is 1.97 bits per heavy atom. The first-order valence-corrected chi connectivity index (χ1v) is 11.8. The van der Waals surface area contributed by atoms with Gasteiger partial charge in [-0.1, -0.05) is 0 Å². The van der Waals surface area contributed by atoms with Crippen LogP contribution in [0, 0.1) is 0 Å². The number of nitrogens with two attached hydrogens (primary N) is 2. The standard InChI is InChI=1S/C21H28N6O7S/c1-33-15-7-8-17(34-2)18(11-15)35(31,32)26-16-6-4-10-27(20(16)30)12-19(29)25-14(13-28)5-3-9-24-21(22)23/h4,6-8,10-11,13-14,26H,3,5,9,12H2,1-2H3,(H,25,29)(H4,22,23,24). The van der Waals surface area contributed by atoms with Gasteiger partial charge in [-0.15, -0.1) is 0 Å². The first-order valence-electron chi connectivity index (χ1n) is 10.4. The van der Waals surface area contributed by atoms with Crippen LogP contribution in [0.3, 0.4) is 0 Å². The number of pyridine rings is 1. The molecule has 0 saturated carbocycles. The van der Waals surface area contributed by atoms with E-state index in [0.29, 0.717) is 25.7 Å². The molecule has 1 heterocycles. The Bertz CT molecular complexity index is 1240. The maximum atomic E-state index is 12.9. The molecule has 1 aromatic carbocycles. The molecule has 0 aliphatic heterocycles. The van der Waals surface area contributed by atoms with Crippen molar-refractivity contribution in [3.63, 3.8) is 0 Å². The van der Waals surface area contributed by atoms with Crippen molar-refractivity contribution in [1.29, 1.82) is 0 Å². The molecule has 0 bridgehead atoms. The molecule has 13 nitrogen and oxygen atoms in total. The van der Waals surface area contributed by atoms with Gasteiger partial charge in [0.2, 0.25) is 5.91 Å². The second-order valence-electron chi connectivity index (χ2n) is 7.24. The largest absolute Gasteiger partial charge is 0.497 e. The second-order valence-corrected chi connectivity index (χ2v) is 8.89. The molecule has 0 fully saturated rings. The predicted octanol–water partition coefficient (Wildman–Crippen LogP) is -0.596. The number of methoxy groups -OCH3 is 2. The number of nitrogens with zero attached hydrogens (tertiary/aromatic N) is 2. The Morgan fingerprint density at radius 1 is 1.23 bits per heavy atom. The number of benzene rings is 1. The zero-order valence-corrected chi connectivity index (χ0v) is 20.1. The van der Waals surface area contributed by atoms with Crippen LogP contribution in [0.5, 0.6) is 11.5 Å². The number of aldehydes is 1. The lowest BCUT2D eigenvalue weighted by Crippen LogP contribution is -2.40. The van der Waals surface area contributed by atoms with Crippen LogP contribution in [0.1, 0.15) is 12.8 Å². The number of amides is 1. The van der Waals surface area contributed by atoms with E-state index in [9.17, 15) is 22.8 Å². The summed E-state index contributed by atoms with van der Waals surface area (Å²) in [4.78, 5) is 40.0. The molecular formula is C21H28N6O7S. The number of carbonyl (C=O) groups excluding carboxylic acids is 2. The number of ether oxygens (including phenoxy) is 2. The number of hydrogen-bond acceptors (Lipinski definition) is 8. The summed E-state index contributed by atoms with van der Waals surface area (Å²) in [5.41, 5.74) is 9.43. The fourth-order valence-corrected chi connectivity index (χ4v) is 4.28. The summed E-state index contributed by atoms with van der Waals surface area (Å²) in [5, 5.41) is 2.51. The van der Waals surface area contributed by atoms with E-state index in [-0.39, 0.29) is 28.0 Å². The Hall–Kier alpha value is -4.07. The molecule has 1 amide bonds. The van der Waals surface area contributed by atoms with Crippen LogP contribution in [-0.2, 0) is 26.2 Å². The average Bonchev–Trinajstić information content (AvgIpc) is 2.82. The van der Waals surface area contributed by atoms with Gasteiger partial charge in [0, 0.05) is 18.8 Å². The number of nitrogens with one attached hydrogen (secondary N) is 2. The topological polar surface area (TPSA) is 197 Å². The van der Waals surface area contributed by atoms with Gasteiger partial charge in [-0.3, -0.25) is 19.3 Å². The molecule has 6 N–H and O–H groups in total. The Labute approximate surface area is 202 Å². The van der Waals surface area contributed by atoms with Crippen molar-refractivity contribution in [2.45, 2.75) is 30.3 Å². The quantitative estimate of drug-likeness (QED) is 0.118. The number of guanidine groups is 1. The lowest BCUT2D eigenvalue weighted by atomic mass is 10.2. The van der Waals surface area contributed by atoms with E-state index in [2.05, 4.69) is 15.0 Å². The third-order valence-corrected chi connectivity index (χ3v) is 6.10. The average molecular weight is 509 g/mol. The van der Waals surface area contributed by atoms with Crippen LogP contribution in [0.25, 0.3) is 0 Å². The fraction of sp³-hybridized carbons (Fsp3) is 0.333. The maximum absolute atomic E-state index is 12.9. The summed E-state index contributed by atoms with van der Waals surface area (Å²) in [7, 11) is -1.55. The molecule has 35 heavy (non-hydrogen) atoms. The summed E-state index contributed by atoms with van der Waals surface area (Å²) in [6, 6.07) is 6.07. The van der Waals surface area contributed by atoms with Crippen LogP contribution in [-0.4, -0.2) is 57.9 Å². The zero-order valence-electron chi connectivity index (χ0n) is 19.3. The minimum Gasteiger partial charge on any atom is -0.497 e. The summed E-state index contributed by atoms with van der Waals surface area (Å²) < 4.78 is 39.3. The highest BCUT2D eigenvalue weighted by molar-refractivity contribution is 7.92. The van der Waals surface area contributed by atoms with Crippen LogP contribution < -0.4 is 36.5 Å². The van der Waals surface area contributed by atoms with E-state index in [1.54, 1.807) is 0 Å². The van der Waals surface area contributed by atoms with E-state index in [1.165, 1.54) is 50.7 Å². The Morgan fingerprint density at radius 3 is 2.60 bits per heavy atom. The van der Waals surface area contributed by atoms with Crippen molar-refractivity contribution in [2.75, 3.05) is 25.5 Å². The van der Waals surface area contributed by atoms with Crippen LogP contribution in [0.4, 0.5) is 5.69 Å². The monoisotopic (exact) mass is 508 g/mol. The minimum atomic E-state index is -4.24. The van der Waals surface area contributed by atoms with Gasteiger partial charge in [0.05, 0.1) is 20.3 Å². The molecular weight excluding hydrogens is 480 g/mol. The van der Waals surface area contributed by atoms with Crippen molar-refractivity contribution in [2.24, 2.45) is 16.5 Å². The number of aliphatic imine (C=N–C) groups is 1. The normalized spacial score (nSPS) is 11.7. The third kappa shape index (κ3) is 7.74. The molecule has 14 heteroatoms. The molecule has 2 rings (SSSR count). The SMILES string of the molecule is COc1ccc(OC)c(S(=O)(=O)Nc2cccn(CC(=O)NC(C=O)CCCN=C(N)N)c2=O)c1. The molecule has 0 aliphatic rings. The molecule has 190 valence electrons. The summed E-state index contributed by atoms with van der Waals surface area (Å²) >= 11 is 0. The van der Waals surface area contributed by atoms with Crippen molar-refractivity contribution in [3.8, 4) is 11.5 Å². The van der Waals surface area contributed by atoms with Gasteiger partial charge in [-0.25, -0.2) is 8.42 Å². The van der Waals surface area contributed by atoms with Crippen LogP contribution >= 0.6 is 0 Å². The van der Waals surface area contributed by atoms with Crippen molar-refractivity contribution >= 4 is 33.9 Å². The molecule has 1 unspecified atom stereocenters. The summed E-state index contributed by atoms with van der Waals surface area (Å²) in [6.45, 7) is -0.141. The van der Waals surface area contributed by atoms with Gasteiger partial charge in [-0.2, -0.15) is 0 Å². The van der Waals surface area contributed by atoms with Crippen molar-refractivity contribution in [1.82, 2.24) is 9.88 Å². The smallest absolute Gasteiger partial charge is 0.275 e. The van der Waals surface area contributed by atoms with Crippen molar-refractivity contribution in [3.05, 3.63) is 46.9 Å². The molecule has 0 radical (unpaired) electrons. The predicted molar refractivity (Wildman–Crippen MR) is 129 cm³/mol. The van der Waals surface area contributed by atoms with Crippen LogP contribution in [0.2, 0.25) is 0 Å². The number of rotatable bonds is 13. The first kappa shape index (κ1) is 27.2. The maximum Gasteiger partial charge on any atom is 0.275 e. The highest BCUT2D eigenvalue weighted by atomic mass is 32.2. The summed E-state index contributed by atoms with van der Waals surface area (Å²) in [5.74, 6) is -0.359. The van der Waals surface area contributed by atoms with E-state index in [0.717, 1.165) is 4.57 Å². The van der Waals surface area contributed by atoms with Crippen molar-refractivity contribution < 1.29 is 27.5 Å². The van der Waals surface area contributed by atoms with Gasteiger partial charge < -0.3 is 35.6 Å². The highest BCUT2D eigenvalue weighted by Crippen LogP contribution is 2.29. The molecule has 0 spiro atoms. The van der Waals surface area contributed by atoms with E-state index in [1.807, 2.05) is 0 Å². The lowest BCUT2D eigenvalue weighted by molar-refractivity contribution is -0.124. The molecule has 2 aromatic rings. The Balaban J connectivity index is 2.15. The number of hydrogen-bond donors (Lipinski definition) is 4. The van der Waals surface area contributed by atoms with Gasteiger partial charge in [0.1, 0.15) is 34.9 Å². The number of carbonyl (C=O) groups is 2. The highest BCUT2D eigenvalue weighted by Gasteiger charge is 2.22.